The molecule has 2 saturated heterocycles. The molecule has 0 unspecified atom stereocenters. The van der Waals surface area contributed by atoms with E-state index in [1.165, 1.54) is 10.7 Å². The number of amides is 2. The van der Waals surface area contributed by atoms with Crippen molar-refractivity contribution >= 4 is 21.8 Å². The smallest absolute Gasteiger partial charge is 0.248 e. The fraction of sp³-hybridized carbons (Fsp3) is 0.783. The average molecular weight is 496 g/mol. The van der Waals surface area contributed by atoms with E-state index in [4.69, 9.17) is 4.52 Å². The highest BCUT2D eigenvalue weighted by Crippen LogP contribution is 2.25. The number of hydrogen-bond donors (Lipinski definition) is 1. The molecule has 0 radical (unpaired) electrons. The molecular weight excluding hydrogens is 458 g/mol. The normalized spacial score (nSPS) is 22.1. The summed E-state index contributed by atoms with van der Waals surface area (Å²) in [6.07, 6.45) is 7.27. The Morgan fingerprint density at radius 1 is 0.971 bits per heavy atom. The number of hydrogen-bond acceptors (Lipinski definition) is 7. The summed E-state index contributed by atoms with van der Waals surface area (Å²) in [6, 6.07) is 0.193. The van der Waals surface area contributed by atoms with Gasteiger partial charge in [0.15, 0.2) is 5.76 Å². The highest BCUT2D eigenvalue weighted by molar-refractivity contribution is 7.89. The number of sulfonamides is 1. The number of rotatable bonds is 6. The third-order valence-electron chi connectivity index (χ3n) is 7.43. The fourth-order valence-electron chi connectivity index (χ4n) is 5.36. The minimum atomic E-state index is -3.69. The van der Waals surface area contributed by atoms with Gasteiger partial charge in [-0.3, -0.25) is 14.5 Å². The minimum Gasteiger partial charge on any atom is -0.360 e. The Bertz CT molecular complexity index is 952. The lowest BCUT2D eigenvalue weighted by Crippen LogP contribution is -2.54. The monoisotopic (exact) mass is 495 g/mol. The average Bonchev–Trinajstić information content (AvgIpc) is 3.19. The molecule has 0 bridgehead atoms. The SMILES string of the molecule is Cc1noc(C)c1S(=O)(=O)N1CCN(C(=O)CN2CCC(NC(=O)C3CCCCC3)CC2)CC1. The molecule has 11 heteroatoms. The van der Waals surface area contributed by atoms with Gasteiger partial charge in [0.2, 0.25) is 21.8 Å². The number of piperazine rings is 1. The second kappa shape index (κ2) is 10.7. The van der Waals surface area contributed by atoms with Crippen LogP contribution in [0.3, 0.4) is 0 Å². The van der Waals surface area contributed by atoms with Crippen LogP contribution in [0.25, 0.3) is 0 Å². The molecule has 1 aromatic heterocycles. The van der Waals surface area contributed by atoms with Gasteiger partial charge in [-0.15, -0.1) is 0 Å². The van der Waals surface area contributed by atoms with E-state index in [9.17, 15) is 18.0 Å². The van der Waals surface area contributed by atoms with E-state index in [0.29, 0.717) is 25.3 Å². The minimum absolute atomic E-state index is 0.0269. The number of carbonyl (C=O) groups excluding carboxylic acids is 2. The summed E-state index contributed by atoms with van der Waals surface area (Å²) in [5, 5.41) is 6.99. The molecule has 34 heavy (non-hydrogen) atoms. The molecule has 3 fully saturated rings. The van der Waals surface area contributed by atoms with E-state index in [2.05, 4.69) is 15.4 Å². The number of piperidine rings is 1. The third kappa shape index (κ3) is 5.63. The first-order valence-electron chi connectivity index (χ1n) is 12.5. The van der Waals surface area contributed by atoms with Crippen LogP contribution < -0.4 is 5.32 Å². The number of nitrogens with zero attached hydrogens (tertiary/aromatic N) is 4. The summed E-state index contributed by atoms with van der Waals surface area (Å²) < 4.78 is 32.4. The Balaban J connectivity index is 1.20. The Labute approximate surface area is 202 Å². The van der Waals surface area contributed by atoms with Gasteiger partial charge in [0.05, 0.1) is 6.54 Å². The van der Waals surface area contributed by atoms with Crippen molar-refractivity contribution in [3.63, 3.8) is 0 Å². The summed E-state index contributed by atoms with van der Waals surface area (Å²) in [6.45, 7) is 6.36. The van der Waals surface area contributed by atoms with Crippen LogP contribution in [0, 0.1) is 19.8 Å². The van der Waals surface area contributed by atoms with Gasteiger partial charge in [-0.2, -0.15) is 4.31 Å². The summed E-state index contributed by atoms with van der Waals surface area (Å²) in [5.74, 6) is 0.695. The van der Waals surface area contributed by atoms with Gasteiger partial charge in [-0.05, 0) is 39.5 Å². The van der Waals surface area contributed by atoms with E-state index >= 15 is 0 Å². The van der Waals surface area contributed by atoms with Crippen molar-refractivity contribution in [2.24, 2.45) is 5.92 Å². The molecule has 3 aliphatic rings. The Morgan fingerprint density at radius 2 is 1.62 bits per heavy atom. The summed E-state index contributed by atoms with van der Waals surface area (Å²) >= 11 is 0. The van der Waals surface area contributed by atoms with Gasteiger partial charge in [-0.1, -0.05) is 24.4 Å². The zero-order valence-electron chi connectivity index (χ0n) is 20.3. The first kappa shape index (κ1) is 25.1. The number of likely N-dealkylation sites (tertiary alicyclic amines) is 1. The second-order valence-corrected chi connectivity index (χ2v) is 11.7. The molecule has 1 aliphatic carbocycles. The van der Waals surface area contributed by atoms with Gasteiger partial charge in [-0.25, -0.2) is 8.42 Å². The zero-order valence-corrected chi connectivity index (χ0v) is 21.1. The van der Waals surface area contributed by atoms with Crippen molar-refractivity contribution in [2.45, 2.75) is 69.7 Å². The van der Waals surface area contributed by atoms with Crippen LogP contribution in [0.2, 0.25) is 0 Å². The van der Waals surface area contributed by atoms with Crippen LogP contribution in [0.5, 0.6) is 0 Å². The number of aromatic nitrogens is 1. The molecule has 2 amide bonds. The number of aryl methyl sites for hydroxylation is 2. The first-order valence-corrected chi connectivity index (χ1v) is 13.9. The second-order valence-electron chi connectivity index (χ2n) is 9.83. The molecule has 1 N–H and O–H groups in total. The van der Waals surface area contributed by atoms with Gasteiger partial charge in [0, 0.05) is 51.2 Å². The Morgan fingerprint density at radius 3 is 2.21 bits per heavy atom. The molecule has 4 rings (SSSR count). The van der Waals surface area contributed by atoms with Crippen molar-refractivity contribution in [1.82, 2.24) is 24.6 Å². The maximum atomic E-state index is 13.0. The van der Waals surface area contributed by atoms with Crippen LogP contribution in [-0.4, -0.2) is 91.3 Å². The van der Waals surface area contributed by atoms with Crippen LogP contribution in [0.15, 0.2) is 9.42 Å². The molecule has 1 saturated carbocycles. The largest absolute Gasteiger partial charge is 0.360 e. The molecule has 2 aliphatic heterocycles. The lowest BCUT2D eigenvalue weighted by molar-refractivity contribution is -0.134. The summed E-state index contributed by atoms with van der Waals surface area (Å²) in [4.78, 5) is 29.4. The molecule has 1 aromatic rings. The zero-order chi connectivity index (χ0) is 24.3. The highest BCUT2D eigenvalue weighted by Gasteiger charge is 2.35. The maximum absolute atomic E-state index is 13.0. The van der Waals surface area contributed by atoms with E-state index < -0.39 is 10.0 Å². The Kier molecular flexibility index (Phi) is 7.94. The summed E-state index contributed by atoms with van der Waals surface area (Å²) in [5.41, 5.74) is 0.356. The highest BCUT2D eigenvalue weighted by atomic mass is 32.2. The molecule has 190 valence electrons. The van der Waals surface area contributed by atoms with E-state index in [1.807, 2.05) is 0 Å². The van der Waals surface area contributed by atoms with Crippen LogP contribution in [0.1, 0.15) is 56.4 Å². The predicted molar refractivity (Wildman–Crippen MR) is 125 cm³/mol. The molecule has 0 aromatic carbocycles. The first-order chi connectivity index (χ1) is 16.3. The van der Waals surface area contributed by atoms with Crippen LogP contribution in [-0.2, 0) is 19.6 Å². The topological polar surface area (TPSA) is 116 Å². The van der Waals surface area contributed by atoms with Crippen molar-refractivity contribution in [3.05, 3.63) is 11.5 Å². The molecule has 0 spiro atoms. The standard InChI is InChI=1S/C23H37N5O5S/c1-17-22(18(2)33-25-17)34(31,32)28-14-12-27(13-15-28)21(29)16-26-10-8-20(9-11-26)24-23(30)19-6-4-3-5-7-19/h19-20H,3-16H2,1-2H3,(H,24,30). The van der Waals surface area contributed by atoms with Crippen LogP contribution in [0.4, 0.5) is 0 Å². The number of carbonyl (C=O) groups is 2. The van der Waals surface area contributed by atoms with Gasteiger partial charge >= 0.3 is 0 Å². The molecular formula is C23H37N5O5S. The van der Waals surface area contributed by atoms with Crippen molar-refractivity contribution < 1.29 is 22.5 Å². The lowest BCUT2D eigenvalue weighted by Gasteiger charge is -2.37. The van der Waals surface area contributed by atoms with Crippen LogP contribution >= 0.6 is 0 Å². The predicted octanol–water partition coefficient (Wildman–Crippen LogP) is 1.29. The molecule has 10 nitrogen and oxygen atoms in total. The van der Waals surface area contributed by atoms with Crippen molar-refractivity contribution in [1.29, 1.82) is 0 Å². The summed E-state index contributed by atoms with van der Waals surface area (Å²) in [7, 11) is -3.69. The lowest BCUT2D eigenvalue weighted by atomic mass is 9.88. The van der Waals surface area contributed by atoms with E-state index in [-0.39, 0.29) is 47.5 Å². The third-order valence-corrected chi connectivity index (χ3v) is 9.57. The van der Waals surface area contributed by atoms with E-state index in [0.717, 1.165) is 51.6 Å². The van der Waals surface area contributed by atoms with Crippen molar-refractivity contribution in [3.8, 4) is 0 Å². The number of nitrogens with one attached hydrogen (secondary N) is 1. The Hall–Kier alpha value is -1.98. The van der Waals surface area contributed by atoms with E-state index in [1.54, 1.807) is 18.7 Å². The van der Waals surface area contributed by atoms with Gasteiger partial charge in [0.25, 0.3) is 0 Å². The maximum Gasteiger partial charge on any atom is 0.248 e. The van der Waals surface area contributed by atoms with Gasteiger partial charge < -0.3 is 14.7 Å². The van der Waals surface area contributed by atoms with Gasteiger partial charge in [0.1, 0.15) is 10.6 Å². The quantitative estimate of drug-likeness (QED) is 0.632. The molecule has 3 heterocycles. The fourth-order valence-corrected chi connectivity index (χ4v) is 7.07. The molecule has 0 atom stereocenters. The van der Waals surface area contributed by atoms with Crippen molar-refractivity contribution in [2.75, 3.05) is 45.8 Å².